The highest BCUT2D eigenvalue weighted by Crippen LogP contribution is 2.44. The molecule has 0 aromatic heterocycles. The van der Waals surface area contributed by atoms with Crippen LogP contribution in [0, 0.1) is 0 Å². The zero-order valence-corrected chi connectivity index (χ0v) is 9.81. The van der Waals surface area contributed by atoms with E-state index in [1.54, 1.807) is 0 Å². The third kappa shape index (κ3) is 4.02. The van der Waals surface area contributed by atoms with Crippen LogP contribution in [-0.4, -0.2) is 27.9 Å². The van der Waals surface area contributed by atoms with Crippen molar-refractivity contribution < 1.29 is 39.9 Å². The minimum atomic E-state index is -6.04. The minimum Gasteiger partial charge on any atom is -0.322 e. The molecule has 0 aliphatic carbocycles. The Morgan fingerprint density at radius 1 is 0.938 bits per heavy atom. The van der Waals surface area contributed by atoms with E-state index in [1.807, 2.05) is 0 Å². The molecule has 0 fully saturated rings. The van der Waals surface area contributed by atoms with Crippen LogP contribution < -0.4 is 0 Å². The molecule has 1 atom stereocenters. The summed E-state index contributed by atoms with van der Waals surface area (Å²) in [6.07, 6.45) is -6.04. The second-order valence-electron chi connectivity index (χ2n) is 2.51. The first kappa shape index (κ1) is 16.4. The number of halogens is 10. The summed E-state index contributed by atoms with van der Waals surface area (Å²) in [4.78, 5) is 0. The quantitative estimate of drug-likeness (QED) is 0.398. The summed E-state index contributed by atoms with van der Waals surface area (Å²) in [5, 5.41) is -4.44. The summed E-state index contributed by atoms with van der Waals surface area (Å²) < 4.78 is 94.4. The maximum Gasteiger partial charge on any atom is 0.455 e. The van der Waals surface area contributed by atoms with Crippen molar-refractivity contribution in [1.82, 2.24) is 0 Å². The van der Waals surface area contributed by atoms with Crippen molar-refractivity contribution in [2.75, 3.05) is 6.61 Å². The zero-order chi connectivity index (χ0) is 13.4. The van der Waals surface area contributed by atoms with Gasteiger partial charge in [0.2, 0.25) is 0 Å². The average molecular weight is 392 g/mol. The second-order valence-corrected chi connectivity index (χ2v) is 4.35. The Bertz CT molecular complexity index is 220. The molecule has 0 heterocycles. The van der Waals surface area contributed by atoms with Gasteiger partial charge in [-0.3, -0.25) is 0 Å². The van der Waals surface area contributed by atoms with Gasteiger partial charge in [0.1, 0.15) is 6.61 Å². The number of hydrogen-bond acceptors (Lipinski definition) is 1. The Balaban J connectivity index is 4.59. The van der Waals surface area contributed by atoms with Gasteiger partial charge < -0.3 is 4.74 Å². The van der Waals surface area contributed by atoms with Gasteiger partial charge in [-0.2, -0.15) is 35.1 Å². The highest BCUT2D eigenvalue weighted by Gasteiger charge is 2.61. The summed E-state index contributed by atoms with van der Waals surface area (Å²) in [5.74, 6) is -5.47. The number of ether oxygens (including phenoxy) is 1. The van der Waals surface area contributed by atoms with Crippen LogP contribution in [0.5, 0.6) is 0 Å². The normalized spacial score (nSPS) is 18.4. The van der Waals surface area contributed by atoms with E-state index in [0.717, 1.165) is 0 Å². The van der Waals surface area contributed by atoms with Crippen molar-refractivity contribution in [3.63, 3.8) is 0 Å². The summed E-state index contributed by atoms with van der Waals surface area (Å²) in [6, 6.07) is 0. The van der Waals surface area contributed by atoms with Crippen LogP contribution in [0.25, 0.3) is 0 Å². The van der Waals surface area contributed by atoms with Crippen LogP contribution in [0.2, 0.25) is 0 Å². The van der Waals surface area contributed by atoms with Crippen molar-refractivity contribution in [1.29, 1.82) is 0 Å². The van der Waals surface area contributed by atoms with Crippen molar-refractivity contribution in [3.8, 4) is 0 Å². The molecule has 0 rings (SSSR count). The summed E-state index contributed by atoms with van der Waals surface area (Å²) in [5.41, 5.74) is 0. The molecule has 0 aromatic carbocycles. The van der Waals surface area contributed by atoms with E-state index >= 15 is 0 Å². The fraction of sp³-hybridized carbons (Fsp3) is 1.00. The molecule has 11 heteroatoms. The predicted molar refractivity (Wildman–Crippen MR) is 45.6 cm³/mol. The van der Waals surface area contributed by atoms with Gasteiger partial charge in [-0.25, -0.2) is 0 Å². The molecule has 0 radical (unpaired) electrons. The molecule has 16 heavy (non-hydrogen) atoms. The van der Waals surface area contributed by atoms with Crippen molar-refractivity contribution in [2.45, 2.75) is 21.3 Å². The van der Waals surface area contributed by atoms with Crippen molar-refractivity contribution >= 4 is 34.2 Å². The van der Waals surface area contributed by atoms with Gasteiger partial charge in [0.25, 0.3) is 0 Å². The van der Waals surface area contributed by atoms with Crippen LogP contribution in [0.15, 0.2) is 0 Å². The molecule has 0 N–H and O–H groups in total. The third-order valence-electron chi connectivity index (χ3n) is 1.18. The molecule has 1 unspecified atom stereocenters. The van der Waals surface area contributed by atoms with Crippen LogP contribution in [0.3, 0.4) is 0 Å². The Kier molecular flexibility index (Phi) is 4.71. The molecule has 0 bridgehead atoms. The lowest BCUT2D eigenvalue weighted by Gasteiger charge is -2.26. The van der Waals surface area contributed by atoms with Crippen LogP contribution in [0.1, 0.15) is 0 Å². The highest BCUT2D eigenvalue weighted by molar-refractivity contribution is 14.1. The Labute approximate surface area is 102 Å². The molecule has 0 spiro atoms. The first-order valence-electron chi connectivity index (χ1n) is 3.24. The maximum absolute atomic E-state index is 12.6. The van der Waals surface area contributed by atoms with Crippen LogP contribution >= 0.6 is 34.2 Å². The fourth-order valence-electron chi connectivity index (χ4n) is 0.345. The summed E-state index contributed by atoms with van der Waals surface area (Å²) >= 11 is 4.42. The third-order valence-corrected chi connectivity index (χ3v) is 2.54. The maximum atomic E-state index is 12.6. The van der Waals surface area contributed by atoms with Crippen molar-refractivity contribution in [2.24, 2.45) is 0 Å². The first-order valence-corrected chi connectivity index (χ1v) is 4.69. The number of alkyl halides is 10. The van der Waals surface area contributed by atoms with Gasteiger partial charge in [-0.05, 0) is 11.6 Å². The molecule has 0 aliphatic heterocycles. The number of hydrogen-bond donors (Lipinski definition) is 0. The second kappa shape index (κ2) is 4.59. The lowest BCUT2D eigenvalue weighted by atomic mass is 10.3. The topological polar surface area (TPSA) is 9.23 Å². The summed E-state index contributed by atoms with van der Waals surface area (Å²) in [7, 11) is 0. The fourth-order valence-corrected chi connectivity index (χ4v) is 0.555. The van der Waals surface area contributed by atoms with Gasteiger partial charge in [0.15, 0.2) is 0 Å². The monoisotopic (exact) mass is 392 g/mol. The van der Waals surface area contributed by atoms with Gasteiger partial charge >= 0.3 is 21.3 Å². The first-order chi connectivity index (χ1) is 6.71. The molecular weight excluding hydrogens is 390 g/mol. The molecular formula is C5H2ClF8IO. The van der Waals surface area contributed by atoms with Gasteiger partial charge in [0, 0.05) is 22.6 Å². The van der Waals surface area contributed by atoms with E-state index in [1.165, 1.54) is 0 Å². The molecule has 0 amide bonds. The van der Waals surface area contributed by atoms with Gasteiger partial charge in [-0.1, -0.05) is 0 Å². The zero-order valence-electron chi connectivity index (χ0n) is 6.89. The Morgan fingerprint density at radius 3 is 1.56 bits per heavy atom. The standard InChI is InChI=1S/C5H2ClF8IO/c6-3(9,5(13,14)15)16-1-2(7,8)4(10,11)12/h1H2. The smallest absolute Gasteiger partial charge is 0.322 e. The van der Waals surface area contributed by atoms with Crippen molar-refractivity contribution in [3.05, 3.63) is 0 Å². The van der Waals surface area contributed by atoms with Gasteiger partial charge in [0.05, 0.1) is 0 Å². The molecule has 0 saturated carbocycles. The van der Waals surface area contributed by atoms with E-state index in [-0.39, 0.29) is 22.6 Å². The van der Waals surface area contributed by atoms with E-state index in [4.69, 9.17) is 0 Å². The largest absolute Gasteiger partial charge is 0.455 e. The van der Waals surface area contributed by atoms with E-state index in [9.17, 15) is 35.1 Å². The molecule has 0 saturated heterocycles. The lowest BCUT2D eigenvalue weighted by molar-refractivity contribution is -0.314. The highest BCUT2D eigenvalue weighted by atomic mass is 127. The van der Waals surface area contributed by atoms with E-state index in [2.05, 4.69) is 16.3 Å². The average Bonchev–Trinajstić information content (AvgIpc) is 1.97. The van der Waals surface area contributed by atoms with E-state index in [0.29, 0.717) is 0 Å². The predicted octanol–water partition coefficient (Wildman–Crippen LogP) is 4.09. The molecule has 0 aromatic rings. The SMILES string of the molecule is FC(F)(F)C(F)(F)COC(F)(Cl)C(F)(F)I. The molecule has 0 aliphatic rings. The number of rotatable bonds is 4. The minimum absolute atomic E-state index is 0.100. The molecule has 1 nitrogen and oxygen atoms in total. The Morgan fingerprint density at radius 2 is 1.31 bits per heavy atom. The molecule has 98 valence electrons. The Hall–Kier alpha value is 0.420. The van der Waals surface area contributed by atoms with Crippen LogP contribution in [0.4, 0.5) is 35.1 Å². The van der Waals surface area contributed by atoms with E-state index < -0.39 is 27.9 Å². The van der Waals surface area contributed by atoms with Gasteiger partial charge in [-0.15, -0.1) is 0 Å². The lowest BCUT2D eigenvalue weighted by Crippen LogP contribution is -2.46. The summed E-state index contributed by atoms with van der Waals surface area (Å²) in [6.45, 7) is -2.64. The van der Waals surface area contributed by atoms with Crippen LogP contribution in [-0.2, 0) is 4.74 Å².